The number of carbonyl (C=O) groups excluding carboxylic acids is 1. The Hall–Kier alpha value is -2.26. The lowest BCUT2D eigenvalue weighted by molar-refractivity contribution is -0.114. The van der Waals surface area contributed by atoms with Crippen LogP contribution in [-0.4, -0.2) is 24.3 Å². The number of rotatable bonds is 3. The Morgan fingerprint density at radius 1 is 1.47 bits per heavy atom. The van der Waals surface area contributed by atoms with E-state index in [1.165, 1.54) is 31.5 Å². The van der Waals surface area contributed by atoms with Crippen LogP contribution >= 0.6 is 0 Å². The van der Waals surface area contributed by atoms with E-state index < -0.39 is 10.0 Å². The Morgan fingerprint density at radius 3 is 2.84 bits per heavy atom. The molecule has 0 spiro atoms. The highest BCUT2D eigenvalue weighted by atomic mass is 32.2. The van der Waals surface area contributed by atoms with Gasteiger partial charge in [0.15, 0.2) is 5.03 Å². The van der Waals surface area contributed by atoms with Crippen molar-refractivity contribution in [1.29, 1.82) is 0 Å². The molecule has 19 heavy (non-hydrogen) atoms. The summed E-state index contributed by atoms with van der Waals surface area (Å²) in [5, 5.41) is 7.09. The number of oxazole rings is 1. The molecule has 100 valence electrons. The Morgan fingerprint density at radius 2 is 2.21 bits per heavy atom. The Balaban J connectivity index is 2.48. The topological polar surface area (TPSA) is 128 Å². The number of carbonyl (C=O) groups is 1. The highest BCUT2D eigenvalue weighted by Crippen LogP contribution is 2.25. The predicted octanol–water partition coefficient (Wildman–Crippen LogP) is 0.342. The van der Waals surface area contributed by atoms with Crippen molar-refractivity contribution >= 4 is 21.9 Å². The standard InChI is InChI=1S/C10H10N4O4S/c1-6(15)13-10-14-8(5-18-10)7-3-2-4-12-9(7)19(11,16)17/h2-5H,1H3,(H2,11,16,17)(H,13,14,15). The van der Waals surface area contributed by atoms with E-state index in [9.17, 15) is 13.2 Å². The number of hydrogen-bond acceptors (Lipinski definition) is 6. The molecule has 1 amide bonds. The average Bonchev–Trinajstić information content (AvgIpc) is 2.75. The van der Waals surface area contributed by atoms with E-state index in [2.05, 4.69) is 15.3 Å². The molecular formula is C10H10N4O4S. The molecule has 0 aromatic carbocycles. The monoisotopic (exact) mass is 282 g/mol. The Labute approximate surface area is 108 Å². The van der Waals surface area contributed by atoms with E-state index in [1.54, 1.807) is 0 Å². The van der Waals surface area contributed by atoms with Gasteiger partial charge in [0.05, 0.1) is 0 Å². The predicted molar refractivity (Wildman–Crippen MR) is 65.4 cm³/mol. The average molecular weight is 282 g/mol. The minimum atomic E-state index is -3.98. The highest BCUT2D eigenvalue weighted by molar-refractivity contribution is 7.89. The minimum Gasteiger partial charge on any atom is -0.431 e. The van der Waals surface area contributed by atoms with Gasteiger partial charge >= 0.3 is 6.01 Å². The highest BCUT2D eigenvalue weighted by Gasteiger charge is 2.19. The van der Waals surface area contributed by atoms with E-state index in [-0.39, 0.29) is 28.2 Å². The van der Waals surface area contributed by atoms with Gasteiger partial charge in [-0.25, -0.2) is 18.5 Å². The molecule has 0 saturated heterocycles. The van der Waals surface area contributed by atoms with Crippen LogP contribution in [0.3, 0.4) is 0 Å². The molecule has 0 aliphatic rings. The van der Waals surface area contributed by atoms with Crippen molar-refractivity contribution in [2.24, 2.45) is 5.14 Å². The van der Waals surface area contributed by atoms with Gasteiger partial charge in [0.1, 0.15) is 12.0 Å². The number of primary sulfonamides is 1. The van der Waals surface area contributed by atoms with E-state index in [1.807, 2.05) is 0 Å². The van der Waals surface area contributed by atoms with Gasteiger partial charge in [-0.2, -0.15) is 4.98 Å². The zero-order chi connectivity index (χ0) is 14.0. The second-order valence-electron chi connectivity index (χ2n) is 3.62. The molecule has 0 fully saturated rings. The number of nitrogens with two attached hydrogens (primary N) is 1. The normalized spacial score (nSPS) is 11.3. The summed E-state index contributed by atoms with van der Waals surface area (Å²) >= 11 is 0. The fourth-order valence-corrected chi connectivity index (χ4v) is 2.10. The largest absolute Gasteiger partial charge is 0.431 e. The first kappa shape index (κ1) is 13.2. The van der Waals surface area contributed by atoms with E-state index >= 15 is 0 Å². The summed E-state index contributed by atoms with van der Waals surface area (Å²) in [6.07, 6.45) is 2.51. The van der Waals surface area contributed by atoms with Gasteiger partial charge in [-0.1, -0.05) is 0 Å². The third kappa shape index (κ3) is 2.95. The van der Waals surface area contributed by atoms with Gasteiger partial charge in [-0.3, -0.25) is 10.1 Å². The van der Waals surface area contributed by atoms with E-state index in [0.717, 1.165) is 0 Å². The summed E-state index contributed by atoms with van der Waals surface area (Å²) in [6.45, 7) is 1.30. The third-order valence-corrected chi connectivity index (χ3v) is 2.97. The van der Waals surface area contributed by atoms with Crippen LogP contribution in [-0.2, 0) is 14.8 Å². The van der Waals surface area contributed by atoms with Crippen LogP contribution in [0, 0.1) is 0 Å². The lowest BCUT2D eigenvalue weighted by Crippen LogP contribution is -2.15. The number of pyridine rings is 1. The number of aromatic nitrogens is 2. The van der Waals surface area contributed by atoms with Crippen LogP contribution in [0.25, 0.3) is 11.3 Å². The van der Waals surface area contributed by atoms with Crippen molar-refractivity contribution in [3.63, 3.8) is 0 Å². The lowest BCUT2D eigenvalue weighted by Gasteiger charge is -2.02. The smallest absolute Gasteiger partial charge is 0.301 e. The zero-order valence-corrected chi connectivity index (χ0v) is 10.6. The first-order chi connectivity index (χ1) is 8.88. The lowest BCUT2D eigenvalue weighted by atomic mass is 10.2. The number of sulfonamides is 1. The van der Waals surface area contributed by atoms with Crippen LogP contribution in [0.1, 0.15) is 6.92 Å². The quantitative estimate of drug-likeness (QED) is 0.835. The molecule has 0 radical (unpaired) electrons. The molecule has 8 nitrogen and oxygen atoms in total. The Kier molecular flexibility index (Phi) is 3.32. The van der Waals surface area contributed by atoms with Crippen LogP contribution < -0.4 is 10.5 Å². The summed E-state index contributed by atoms with van der Waals surface area (Å²) in [5.74, 6) is -0.355. The van der Waals surface area contributed by atoms with Crippen LogP contribution in [0.2, 0.25) is 0 Å². The van der Waals surface area contributed by atoms with Gasteiger partial charge in [0.2, 0.25) is 5.91 Å². The first-order valence-corrected chi connectivity index (χ1v) is 6.64. The molecule has 0 aliphatic carbocycles. The molecule has 0 atom stereocenters. The molecule has 2 aromatic heterocycles. The summed E-state index contributed by atoms with van der Waals surface area (Å²) in [4.78, 5) is 18.5. The van der Waals surface area contributed by atoms with Gasteiger partial charge in [-0.05, 0) is 12.1 Å². The van der Waals surface area contributed by atoms with Crippen LogP contribution in [0.5, 0.6) is 0 Å². The second kappa shape index (κ2) is 4.78. The molecule has 0 saturated carbocycles. The Bertz CT molecular complexity index is 723. The molecule has 0 aliphatic heterocycles. The van der Waals surface area contributed by atoms with Crippen molar-refractivity contribution in [2.45, 2.75) is 11.9 Å². The van der Waals surface area contributed by atoms with Crippen molar-refractivity contribution in [1.82, 2.24) is 9.97 Å². The number of nitrogens with zero attached hydrogens (tertiary/aromatic N) is 2. The summed E-state index contributed by atoms with van der Waals surface area (Å²) in [6, 6.07) is 2.99. The van der Waals surface area contributed by atoms with Gasteiger partial charge in [-0.15, -0.1) is 0 Å². The van der Waals surface area contributed by atoms with Gasteiger partial charge < -0.3 is 4.42 Å². The number of amides is 1. The first-order valence-electron chi connectivity index (χ1n) is 5.09. The fraction of sp³-hybridized carbons (Fsp3) is 0.100. The van der Waals surface area contributed by atoms with Gasteiger partial charge in [0.25, 0.3) is 10.0 Å². The maximum Gasteiger partial charge on any atom is 0.301 e. The number of nitrogens with one attached hydrogen (secondary N) is 1. The maximum absolute atomic E-state index is 11.4. The summed E-state index contributed by atoms with van der Waals surface area (Å²) in [7, 11) is -3.98. The summed E-state index contributed by atoms with van der Waals surface area (Å²) < 4.78 is 27.8. The number of hydrogen-bond donors (Lipinski definition) is 2. The van der Waals surface area contributed by atoms with Crippen LogP contribution in [0.15, 0.2) is 34.0 Å². The molecule has 0 bridgehead atoms. The van der Waals surface area contributed by atoms with Crippen molar-refractivity contribution < 1.29 is 17.6 Å². The molecule has 0 unspecified atom stereocenters. The molecule has 3 N–H and O–H groups in total. The minimum absolute atomic E-state index is 0.0354. The second-order valence-corrected chi connectivity index (χ2v) is 5.10. The third-order valence-electron chi connectivity index (χ3n) is 2.10. The zero-order valence-electron chi connectivity index (χ0n) is 9.82. The molecule has 2 rings (SSSR count). The molecule has 2 heterocycles. The van der Waals surface area contributed by atoms with E-state index in [0.29, 0.717) is 0 Å². The molecule has 2 aromatic rings. The van der Waals surface area contributed by atoms with E-state index in [4.69, 9.17) is 9.56 Å². The molecular weight excluding hydrogens is 272 g/mol. The van der Waals surface area contributed by atoms with Crippen molar-refractivity contribution in [2.75, 3.05) is 5.32 Å². The maximum atomic E-state index is 11.4. The SMILES string of the molecule is CC(=O)Nc1nc(-c2cccnc2S(N)(=O)=O)co1. The van der Waals surface area contributed by atoms with Crippen molar-refractivity contribution in [3.8, 4) is 11.3 Å². The molecule has 9 heteroatoms. The van der Waals surface area contributed by atoms with Crippen LogP contribution in [0.4, 0.5) is 6.01 Å². The summed E-state index contributed by atoms with van der Waals surface area (Å²) in [5.41, 5.74) is 0.409. The van der Waals surface area contributed by atoms with Crippen molar-refractivity contribution in [3.05, 3.63) is 24.6 Å². The number of anilines is 1. The fourth-order valence-electron chi connectivity index (χ4n) is 1.42. The van der Waals surface area contributed by atoms with Gasteiger partial charge in [0, 0.05) is 18.7 Å².